The van der Waals surface area contributed by atoms with E-state index in [9.17, 15) is 14.0 Å². The van der Waals surface area contributed by atoms with Crippen LogP contribution < -0.4 is 0 Å². The van der Waals surface area contributed by atoms with Crippen LogP contribution in [-0.4, -0.2) is 34.1 Å². The molecule has 2 aromatic carbocycles. The summed E-state index contributed by atoms with van der Waals surface area (Å²) in [7, 11) is 0. The monoisotopic (exact) mass is 431 g/mol. The zero-order chi connectivity index (χ0) is 22.3. The SMILES string of the molecule is O=C(CCC(=O)N1CCC(c2ccccc2)=N1)OC(c1ccncc1)c1ccc(F)cc1. The van der Waals surface area contributed by atoms with Crippen molar-refractivity contribution in [3.63, 3.8) is 0 Å². The first-order valence-corrected chi connectivity index (χ1v) is 10.4. The van der Waals surface area contributed by atoms with Gasteiger partial charge >= 0.3 is 5.97 Å². The molecule has 1 amide bonds. The van der Waals surface area contributed by atoms with Gasteiger partial charge in [-0.2, -0.15) is 5.10 Å². The van der Waals surface area contributed by atoms with E-state index in [1.54, 1.807) is 36.7 Å². The Morgan fingerprint density at radius 3 is 2.34 bits per heavy atom. The maximum atomic E-state index is 13.3. The third kappa shape index (κ3) is 5.24. The highest BCUT2D eigenvalue weighted by molar-refractivity contribution is 6.02. The first kappa shape index (κ1) is 21.4. The lowest BCUT2D eigenvalue weighted by molar-refractivity contribution is -0.149. The first-order chi connectivity index (χ1) is 15.6. The van der Waals surface area contributed by atoms with Gasteiger partial charge in [0.1, 0.15) is 5.82 Å². The Labute approximate surface area is 185 Å². The average Bonchev–Trinajstić information content (AvgIpc) is 3.33. The summed E-state index contributed by atoms with van der Waals surface area (Å²) in [5.74, 6) is -1.12. The zero-order valence-corrected chi connectivity index (χ0v) is 17.4. The Hall–Kier alpha value is -3.87. The summed E-state index contributed by atoms with van der Waals surface area (Å²) in [6.45, 7) is 0.493. The van der Waals surface area contributed by atoms with Gasteiger partial charge in [-0.3, -0.25) is 14.6 Å². The van der Waals surface area contributed by atoms with Crippen molar-refractivity contribution in [3.8, 4) is 0 Å². The van der Waals surface area contributed by atoms with Gasteiger partial charge in [0.2, 0.25) is 5.91 Å². The molecular formula is C25H22FN3O3. The minimum Gasteiger partial charge on any atom is -0.453 e. The van der Waals surface area contributed by atoms with E-state index in [-0.39, 0.29) is 24.6 Å². The van der Waals surface area contributed by atoms with Gasteiger partial charge < -0.3 is 4.74 Å². The van der Waals surface area contributed by atoms with E-state index in [1.807, 2.05) is 30.3 Å². The van der Waals surface area contributed by atoms with Gasteiger partial charge in [-0.1, -0.05) is 42.5 Å². The molecule has 0 fully saturated rings. The van der Waals surface area contributed by atoms with E-state index in [2.05, 4.69) is 10.1 Å². The Morgan fingerprint density at radius 1 is 0.938 bits per heavy atom. The number of rotatable bonds is 7. The first-order valence-electron chi connectivity index (χ1n) is 10.4. The van der Waals surface area contributed by atoms with Gasteiger partial charge in [0.05, 0.1) is 18.7 Å². The van der Waals surface area contributed by atoms with Crippen LogP contribution in [0.2, 0.25) is 0 Å². The van der Waals surface area contributed by atoms with Gasteiger partial charge in [0.15, 0.2) is 6.10 Å². The van der Waals surface area contributed by atoms with Crippen LogP contribution in [0.1, 0.15) is 42.1 Å². The van der Waals surface area contributed by atoms with Crippen LogP contribution in [0, 0.1) is 5.82 Å². The molecule has 0 bridgehead atoms. The lowest BCUT2D eigenvalue weighted by atomic mass is 10.0. The standard InChI is InChI=1S/C25H22FN3O3/c26-21-8-6-19(7-9-21)25(20-12-15-27-16-13-20)32-24(31)11-10-23(30)29-17-14-22(28-29)18-4-2-1-3-5-18/h1-9,12-13,15-16,25H,10-11,14,17H2. The van der Waals surface area contributed by atoms with E-state index < -0.39 is 12.1 Å². The number of esters is 1. The number of nitrogens with zero attached hydrogens (tertiary/aromatic N) is 3. The van der Waals surface area contributed by atoms with E-state index in [0.29, 0.717) is 24.1 Å². The molecule has 3 aromatic rings. The van der Waals surface area contributed by atoms with Crippen molar-refractivity contribution in [1.29, 1.82) is 0 Å². The molecule has 1 unspecified atom stereocenters. The molecule has 1 atom stereocenters. The summed E-state index contributed by atoms with van der Waals surface area (Å²) in [6.07, 6.45) is 3.08. The van der Waals surface area contributed by atoms with E-state index in [1.165, 1.54) is 17.1 Å². The van der Waals surface area contributed by atoms with Crippen LogP contribution in [0.4, 0.5) is 4.39 Å². The Bertz CT molecular complexity index is 1100. The number of amides is 1. The highest BCUT2D eigenvalue weighted by Crippen LogP contribution is 2.26. The summed E-state index contributed by atoms with van der Waals surface area (Å²) < 4.78 is 19.0. The van der Waals surface area contributed by atoms with Crippen LogP contribution in [0.15, 0.2) is 84.2 Å². The summed E-state index contributed by atoms with van der Waals surface area (Å²) in [5, 5.41) is 5.82. The molecule has 0 radical (unpaired) electrons. The van der Waals surface area contributed by atoms with Crippen LogP contribution in [-0.2, 0) is 14.3 Å². The smallest absolute Gasteiger partial charge is 0.307 e. The summed E-state index contributed by atoms with van der Waals surface area (Å²) >= 11 is 0. The molecule has 0 saturated carbocycles. The summed E-state index contributed by atoms with van der Waals surface area (Å²) in [4.78, 5) is 29.1. The highest BCUT2D eigenvalue weighted by atomic mass is 19.1. The molecule has 6 nitrogen and oxygen atoms in total. The molecule has 0 saturated heterocycles. The van der Waals surface area contributed by atoms with Crippen LogP contribution in [0.3, 0.4) is 0 Å². The maximum absolute atomic E-state index is 13.3. The van der Waals surface area contributed by atoms with Gasteiger partial charge in [-0.15, -0.1) is 0 Å². The minimum atomic E-state index is -0.712. The topological polar surface area (TPSA) is 71.9 Å². The second kappa shape index (κ2) is 9.96. The average molecular weight is 431 g/mol. The van der Waals surface area contributed by atoms with E-state index in [4.69, 9.17) is 4.74 Å². The van der Waals surface area contributed by atoms with Crippen LogP contribution >= 0.6 is 0 Å². The van der Waals surface area contributed by atoms with Gasteiger partial charge in [0, 0.05) is 30.8 Å². The second-order valence-electron chi connectivity index (χ2n) is 7.38. The van der Waals surface area contributed by atoms with Crippen molar-refractivity contribution < 1.29 is 18.7 Å². The van der Waals surface area contributed by atoms with Crippen molar-refractivity contribution in [2.75, 3.05) is 6.54 Å². The van der Waals surface area contributed by atoms with E-state index >= 15 is 0 Å². The highest BCUT2D eigenvalue weighted by Gasteiger charge is 2.24. The number of carbonyl (C=O) groups is 2. The number of ether oxygens (including phenoxy) is 1. The zero-order valence-electron chi connectivity index (χ0n) is 17.4. The molecular weight excluding hydrogens is 409 g/mol. The molecule has 7 heteroatoms. The van der Waals surface area contributed by atoms with Gasteiger partial charge in [-0.25, -0.2) is 9.40 Å². The number of carbonyl (C=O) groups excluding carboxylic acids is 2. The van der Waals surface area contributed by atoms with Crippen molar-refractivity contribution in [2.24, 2.45) is 5.10 Å². The summed E-state index contributed by atoms with van der Waals surface area (Å²) in [6, 6.07) is 18.9. The Balaban J connectivity index is 1.38. The molecule has 0 N–H and O–H groups in total. The molecule has 1 aliphatic heterocycles. The molecule has 0 spiro atoms. The quantitative estimate of drug-likeness (QED) is 0.524. The van der Waals surface area contributed by atoms with Crippen molar-refractivity contribution in [3.05, 3.63) is 102 Å². The Kier molecular flexibility index (Phi) is 6.65. The number of hydrogen-bond acceptors (Lipinski definition) is 5. The molecule has 32 heavy (non-hydrogen) atoms. The molecule has 162 valence electrons. The predicted molar refractivity (Wildman–Crippen MR) is 117 cm³/mol. The van der Waals surface area contributed by atoms with Crippen LogP contribution in [0.5, 0.6) is 0 Å². The minimum absolute atomic E-state index is 0.00309. The molecule has 1 aromatic heterocycles. The normalized spacial score (nSPS) is 14.0. The van der Waals surface area contributed by atoms with E-state index in [0.717, 1.165) is 11.3 Å². The number of halogens is 1. The predicted octanol–water partition coefficient (Wildman–Crippen LogP) is 4.27. The van der Waals surface area contributed by atoms with Crippen LogP contribution in [0.25, 0.3) is 0 Å². The fraction of sp³-hybridized carbons (Fsp3) is 0.200. The molecule has 1 aliphatic rings. The second-order valence-corrected chi connectivity index (χ2v) is 7.38. The maximum Gasteiger partial charge on any atom is 0.307 e. The Morgan fingerprint density at radius 2 is 1.62 bits per heavy atom. The third-order valence-electron chi connectivity index (χ3n) is 5.17. The molecule has 4 rings (SSSR count). The lowest BCUT2D eigenvalue weighted by Crippen LogP contribution is -2.24. The fourth-order valence-electron chi connectivity index (χ4n) is 3.50. The number of benzene rings is 2. The van der Waals surface area contributed by atoms with Crippen molar-refractivity contribution in [2.45, 2.75) is 25.4 Å². The number of hydrazone groups is 1. The van der Waals surface area contributed by atoms with Crippen molar-refractivity contribution >= 4 is 17.6 Å². The lowest BCUT2D eigenvalue weighted by Gasteiger charge is -2.19. The number of aromatic nitrogens is 1. The van der Waals surface area contributed by atoms with Gasteiger partial charge in [0.25, 0.3) is 0 Å². The largest absolute Gasteiger partial charge is 0.453 e. The number of pyridine rings is 1. The third-order valence-corrected chi connectivity index (χ3v) is 5.17. The van der Waals surface area contributed by atoms with Crippen molar-refractivity contribution in [1.82, 2.24) is 9.99 Å². The molecule has 0 aliphatic carbocycles. The van der Waals surface area contributed by atoms with Gasteiger partial charge in [-0.05, 0) is 35.4 Å². The number of hydrogen-bond donors (Lipinski definition) is 0. The molecule has 2 heterocycles. The summed E-state index contributed by atoms with van der Waals surface area (Å²) in [5.41, 5.74) is 3.19. The fourth-order valence-corrected chi connectivity index (χ4v) is 3.50.